The summed E-state index contributed by atoms with van der Waals surface area (Å²) in [5, 5.41) is 0. The van der Waals surface area contributed by atoms with Crippen molar-refractivity contribution in [2.75, 3.05) is 39.4 Å². The molecule has 0 spiro atoms. The van der Waals surface area contributed by atoms with Crippen LogP contribution in [0.3, 0.4) is 0 Å². The molecule has 1 aliphatic carbocycles. The molecule has 2 fully saturated rings. The minimum atomic E-state index is 0.114. The Hall–Kier alpha value is -2.53. The summed E-state index contributed by atoms with van der Waals surface area (Å²) in [5.41, 5.74) is 2.39. The number of amides is 1. The third kappa shape index (κ3) is 4.31. The SMILES string of the molecule is O=C([C@@H]1C[C@H]1c1ccccc1)N(CCN1CCCC1)Cc1ccc2c(c1)OCCO2. The van der Waals surface area contributed by atoms with Gasteiger partial charge >= 0.3 is 0 Å². The van der Waals surface area contributed by atoms with Gasteiger partial charge in [-0.05, 0) is 61.5 Å². The number of benzene rings is 2. The number of likely N-dealkylation sites (tertiary alicyclic amines) is 1. The predicted octanol–water partition coefficient (Wildman–Crippen LogP) is 3.69. The lowest BCUT2D eigenvalue weighted by atomic mass is 10.1. The van der Waals surface area contributed by atoms with Crippen molar-refractivity contribution in [3.63, 3.8) is 0 Å². The molecule has 2 aromatic carbocycles. The molecule has 5 heteroatoms. The van der Waals surface area contributed by atoms with Gasteiger partial charge in [-0.2, -0.15) is 0 Å². The van der Waals surface area contributed by atoms with Crippen LogP contribution in [-0.4, -0.2) is 55.1 Å². The van der Waals surface area contributed by atoms with Crippen LogP contribution < -0.4 is 9.47 Å². The Balaban J connectivity index is 1.29. The van der Waals surface area contributed by atoms with Crippen LogP contribution in [0.25, 0.3) is 0 Å². The van der Waals surface area contributed by atoms with Crippen molar-refractivity contribution < 1.29 is 14.3 Å². The smallest absolute Gasteiger partial charge is 0.226 e. The van der Waals surface area contributed by atoms with Crippen LogP contribution >= 0.6 is 0 Å². The Morgan fingerprint density at radius 2 is 1.77 bits per heavy atom. The lowest BCUT2D eigenvalue weighted by Gasteiger charge is -2.27. The van der Waals surface area contributed by atoms with E-state index in [0.717, 1.165) is 49.7 Å². The number of nitrogens with zero attached hydrogens (tertiary/aromatic N) is 2. The van der Waals surface area contributed by atoms with Crippen molar-refractivity contribution in [3.8, 4) is 11.5 Å². The fraction of sp³-hybridized carbons (Fsp3) is 0.480. The molecule has 2 atom stereocenters. The van der Waals surface area contributed by atoms with Crippen LogP contribution in [0.15, 0.2) is 48.5 Å². The van der Waals surface area contributed by atoms with E-state index in [9.17, 15) is 4.79 Å². The Labute approximate surface area is 178 Å². The average molecular weight is 407 g/mol. The van der Waals surface area contributed by atoms with Gasteiger partial charge in [-0.1, -0.05) is 36.4 Å². The highest BCUT2D eigenvalue weighted by Crippen LogP contribution is 2.48. The van der Waals surface area contributed by atoms with E-state index in [2.05, 4.69) is 40.1 Å². The molecule has 158 valence electrons. The molecule has 0 unspecified atom stereocenters. The molecule has 3 aliphatic rings. The zero-order valence-electron chi connectivity index (χ0n) is 17.5. The number of hydrogen-bond donors (Lipinski definition) is 0. The average Bonchev–Trinajstić information content (AvgIpc) is 3.43. The molecular formula is C25H30N2O3. The molecule has 2 aliphatic heterocycles. The summed E-state index contributed by atoms with van der Waals surface area (Å²) < 4.78 is 11.4. The third-order valence-electron chi connectivity index (χ3n) is 6.51. The van der Waals surface area contributed by atoms with Gasteiger partial charge in [-0.25, -0.2) is 0 Å². The Morgan fingerprint density at radius 3 is 2.57 bits per heavy atom. The summed E-state index contributed by atoms with van der Waals surface area (Å²) in [6.45, 7) is 5.85. The van der Waals surface area contributed by atoms with Gasteiger partial charge in [0.2, 0.25) is 5.91 Å². The van der Waals surface area contributed by atoms with Crippen LogP contribution in [-0.2, 0) is 11.3 Å². The van der Waals surface area contributed by atoms with Gasteiger partial charge in [0.25, 0.3) is 0 Å². The summed E-state index contributed by atoms with van der Waals surface area (Å²) in [6, 6.07) is 16.5. The second-order valence-corrected chi connectivity index (χ2v) is 8.65. The number of rotatable bonds is 7. The van der Waals surface area contributed by atoms with Crippen molar-refractivity contribution in [1.29, 1.82) is 0 Å². The van der Waals surface area contributed by atoms with Crippen LogP contribution in [0.4, 0.5) is 0 Å². The monoisotopic (exact) mass is 406 g/mol. The summed E-state index contributed by atoms with van der Waals surface area (Å²) in [6.07, 6.45) is 3.51. The summed E-state index contributed by atoms with van der Waals surface area (Å²) in [5.74, 6) is 2.36. The lowest BCUT2D eigenvalue weighted by molar-refractivity contribution is -0.133. The van der Waals surface area contributed by atoms with E-state index in [1.165, 1.54) is 18.4 Å². The maximum atomic E-state index is 13.4. The molecular weight excluding hydrogens is 376 g/mol. The van der Waals surface area contributed by atoms with Crippen LogP contribution in [0.2, 0.25) is 0 Å². The van der Waals surface area contributed by atoms with Crippen LogP contribution in [0.5, 0.6) is 11.5 Å². The van der Waals surface area contributed by atoms with Crippen molar-refractivity contribution in [1.82, 2.24) is 9.80 Å². The summed E-state index contributed by atoms with van der Waals surface area (Å²) >= 11 is 0. The summed E-state index contributed by atoms with van der Waals surface area (Å²) in [4.78, 5) is 18.0. The maximum Gasteiger partial charge on any atom is 0.226 e. The van der Waals surface area contributed by atoms with E-state index in [1.807, 2.05) is 18.2 Å². The van der Waals surface area contributed by atoms with Crippen molar-refractivity contribution >= 4 is 5.91 Å². The molecule has 5 nitrogen and oxygen atoms in total. The van der Waals surface area contributed by atoms with E-state index in [4.69, 9.17) is 9.47 Å². The molecule has 2 aromatic rings. The number of fused-ring (bicyclic) bond motifs is 1. The van der Waals surface area contributed by atoms with Crippen molar-refractivity contribution in [2.24, 2.45) is 5.92 Å². The molecule has 0 N–H and O–H groups in total. The topological polar surface area (TPSA) is 42.0 Å². The third-order valence-corrected chi connectivity index (χ3v) is 6.51. The fourth-order valence-corrected chi connectivity index (χ4v) is 4.71. The zero-order chi connectivity index (χ0) is 20.3. The van der Waals surface area contributed by atoms with E-state index in [0.29, 0.717) is 25.7 Å². The lowest BCUT2D eigenvalue weighted by Crippen LogP contribution is -2.38. The molecule has 5 rings (SSSR count). The van der Waals surface area contributed by atoms with Gasteiger partial charge in [-0.15, -0.1) is 0 Å². The molecule has 30 heavy (non-hydrogen) atoms. The maximum absolute atomic E-state index is 13.4. The number of hydrogen-bond acceptors (Lipinski definition) is 4. The Bertz CT molecular complexity index is 879. The van der Waals surface area contributed by atoms with E-state index in [-0.39, 0.29) is 11.8 Å². The Morgan fingerprint density at radius 1 is 1.00 bits per heavy atom. The van der Waals surface area contributed by atoms with E-state index >= 15 is 0 Å². The molecule has 1 saturated heterocycles. The molecule has 0 radical (unpaired) electrons. The first kappa shape index (κ1) is 19.4. The summed E-state index contributed by atoms with van der Waals surface area (Å²) in [7, 11) is 0. The van der Waals surface area contributed by atoms with Gasteiger partial charge < -0.3 is 19.3 Å². The zero-order valence-corrected chi connectivity index (χ0v) is 17.5. The molecule has 0 bridgehead atoms. The predicted molar refractivity (Wildman–Crippen MR) is 116 cm³/mol. The van der Waals surface area contributed by atoms with Crippen LogP contribution in [0, 0.1) is 5.92 Å². The number of ether oxygens (including phenoxy) is 2. The van der Waals surface area contributed by atoms with Gasteiger partial charge in [0.15, 0.2) is 11.5 Å². The van der Waals surface area contributed by atoms with Gasteiger partial charge in [0.05, 0.1) is 0 Å². The van der Waals surface area contributed by atoms with E-state index < -0.39 is 0 Å². The molecule has 1 amide bonds. The normalized spacial score (nSPS) is 22.7. The second kappa shape index (κ2) is 8.68. The first-order chi connectivity index (χ1) is 14.8. The fourth-order valence-electron chi connectivity index (χ4n) is 4.71. The van der Waals surface area contributed by atoms with Crippen molar-refractivity contribution in [2.45, 2.75) is 31.7 Å². The molecule has 2 heterocycles. The Kier molecular flexibility index (Phi) is 5.63. The highest BCUT2D eigenvalue weighted by atomic mass is 16.6. The second-order valence-electron chi connectivity index (χ2n) is 8.65. The van der Waals surface area contributed by atoms with Gasteiger partial charge in [0.1, 0.15) is 13.2 Å². The first-order valence-corrected chi connectivity index (χ1v) is 11.2. The molecule has 1 saturated carbocycles. The number of carbonyl (C=O) groups excluding carboxylic acids is 1. The van der Waals surface area contributed by atoms with Gasteiger partial charge in [-0.3, -0.25) is 4.79 Å². The minimum Gasteiger partial charge on any atom is -0.486 e. The highest BCUT2D eigenvalue weighted by Gasteiger charge is 2.45. The quantitative estimate of drug-likeness (QED) is 0.703. The van der Waals surface area contributed by atoms with E-state index in [1.54, 1.807) is 0 Å². The minimum absolute atomic E-state index is 0.114. The molecule has 0 aromatic heterocycles. The first-order valence-electron chi connectivity index (χ1n) is 11.2. The van der Waals surface area contributed by atoms with Crippen LogP contribution in [0.1, 0.15) is 36.3 Å². The highest BCUT2D eigenvalue weighted by molar-refractivity contribution is 5.83. The van der Waals surface area contributed by atoms with Crippen molar-refractivity contribution in [3.05, 3.63) is 59.7 Å². The van der Waals surface area contributed by atoms with Gasteiger partial charge in [0, 0.05) is 25.6 Å². The standard InChI is InChI=1S/C25H30N2O3/c28-25(22-17-21(22)20-6-2-1-3-7-20)27(13-12-26-10-4-5-11-26)18-19-8-9-23-24(16-19)30-15-14-29-23/h1-3,6-9,16,21-22H,4-5,10-15,17-18H2/t21-,22+/m0/s1. The number of carbonyl (C=O) groups is 1. The largest absolute Gasteiger partial charge is 0.486 e.